The molecule has 0 saturated heterocycles. The molecular weight excluding hydrogens is 294 g/mol. The van der Waals surface area contributed by atoms with E-state index in [0.717, 1.165) is 11.6 Å². The summed E-state index contributed by atoms with van der Waals surface area (Å²) in [6.07, 6.45) is 0. The summed E-state index contributed by atoms with van der Waals surface area (Å²) in [4.78, 5) is 10.7. The van der Waals surface area contributed by atoms with Crippen molar-refractivity contribution >= 4 is 16.0 Å². The molecule has 6 nitrogen and oxygen atoms in total. The molecule has 112 valence electrons. The van der Waals surface area contributed by atoms with Crippen LogP contribution in [0.4, 0.5) is 0 Å². The van der Waals surface area contributed by atoms with Crippen LogP contribution in [0, 0.1) is 6.92 Å². The Morgan fingerprint density at radius 2 is 1.90 bits per heavy atom. The van der Waals surface area contributed by atoms with E-state index in [0.29, 0.717) is 0 Å². The van der Waals surface area contributed by atoms with Crippen LogP contribution in [-0.2, 0) is 10.0 Å². The standard InChI is InChI=1S/C14H15NO5S/c1-9(11-6-4-3-5-7-11)15-21(18,19)13-8-12(14(16)17)20-10(13)2/h3-9,15H,1-2H3,(H,16,17)/t9-/m0/s1. The number of furan rings is 1. The van der Waals surface area contributed by atoms with E-state index in [1.165, 1.54) is 6.92 Å². The Morgan fingerprint density at radius 3 is 2.43 bits per heavy atom. The first-order chi connectivity index (χ1) is 9.81. The molecule has 1 heterocycles. The molecule has 0 amide bonds. The highest BCUT2D eigenvalue weighted by molar-refractivity contribution is 7.89. The third kappa shape index (κ3) is 3.32. The normalized spacial score (nSPS) is 13.0. The first-order valence-electron chi connectivity index (χ1n) is 6.22. The van der Waals surface area contributed by atoms with Crippen molar-refractivity contribution in [3.05, 3.63) is 53.5 Å². The van der Waals surface area contributed by atoms with Gasteiger partial charge in [0.25, 0.3) is 0 Å². The topological polar surface area (TPSA) is 96.6 Å². The number of carboxylic acid groups (broad SMARTS) is 1. The van der Waals surface area contributed by atoms with Gasteiger partial charge in [-0.3, -0.25) is 0 Å². The highest BCUT2D eigenvalue weighted by Gasteiger charge is 2.25. The Bertz CT molecular complexity index is 749. The zero-order valence-electron chi connectivity index (χ0n) is 11.5. The van der Waals surface area contributed by atoms with E-state index < -0.39 is 27.8 Å². The van der Waals surface area contributed by atoms with Gasteiger partial charge in [0, 0.05) is 12.1 Å². The van der Waals surface area contributed by atoms with Gasteiger partial charge in [-0.05, 0) is 19.4 Å². The lowest BCUT2D eigenvalue weighted by Crippen LogP contribution is -2.27. The van der Waals surface area contributed by atoms with E-state index >= 15 is 0 Å². The summed E-state index contributed by atoms with van der Waals surface area (Å²) in [6, 6.07) is 9.63. The molecule has 7 heteroatoms. The van der Waals surface area contributed by atoms with Crippen molar-refractivity contribution in [2.24, 2.45) is 0 Å². The molecule has 0 unspecified atom stereocenters. The third-order valence-electron chi connectivity index (χ3n) is 3.00. The van der Waals surface area contributed by atoms with Crippen LogP contribution in [0.3, 0.4) is 0 Å². The predicted molar refractivity (Wildman–Crippen MR) is 75.6 cm³/mol. The van der Waals surface area contributed by atoms with Crippen molar-refractivity contribution in [1.29, 1.82) is 0 Å². The van der Waals surface area contributed by atoms with Crippen molar-refractivity contribution in [2.45, 2.75) is 24.8 Å². The smallest absolute Gasteiger partial charge is 0.371 e. The number of carboxylic acids is 1. The van der Waals surface area contributed by atoms with Gasteiger partial charge in [-0.1, -0.05) is 30.3 Å². The quantitative estimate of drug-likeness (QED) is 0.883. The molecule has 1 atom stereocenters. The Morgan fingerprint density at radius 1 is 1.29 bits per heavy atom. The second-order valence-corrected chi connectivity index (χ2v) is 6.27. The van der Waals surface area contributed by atoms with Gasteiger partial charge in [-0.25, -0.2) is 17.9 Å². The lowest BCUT2D eigenvalue weighted by molar-refractivity contribution is 0.0661. The molecule has 1 aromatic carbocycles. The number of aryl methyl sites for hydroxylation is 1. The molecule has 1 aromatic heterocycles. The molecule has 0 saturated carbocycles. The van der Waals surface area contributed by atoms with E-state index in [9.17, 15) is 13.2 Å². The first-order valence-corrected chi connectivity index (χ1v) is 7.70. The molecule has 0 bridgehead atoms. The zero-order chi connectivity index (χ0) is 15.6. The lowest BCUT2D eigenvalue weighted by Gasteiger charge is -2.14. The first kappa shape index (κ1) is 15.3. The number of sulfonamides is 1. The number of carbonyl (C=O) groups is 1. The van der Waals surface area contributed by atoms with E-state index in [-0.39, 0.29) is 10.7 Å². The van der Waals surface area contributed by atoms with E-state index in [1.807, 2.05) is 18.2 Å². The lowest BCUT2D eigenvalue weighted by atomic mass is 10.1. The maximum absolute atomic E-state index is 12.3. The average molecular weight is 309 g/mol. The van der Waals surface area contributed by atoms with Crippen LogP contribution in [0.5, 0.6) is 0 Å². The summed E-state index contributed by atoms with van der Waals surface area (Å²) in [7, 11) is -3.86. The molecule has 21 heavy (non-hydrogen) atoms. The molecule has 0 fully saturated rings. The zero-order valence-corrected chi connectivity index (χ0v) is 12.3. The number of nitrogens with one attached hydrogen (secondary N) is 1. The Balaban J connectivity index is 2.29. The van der Waals surface area contributed by atoms with E-state index in [4.69, 9.17) is 9.52 Å². The fraction of sp³-hybridized carbons (Fsp3) is 0.214. The highest BCUT2D eigenvalue weighted by atomic mass is 32.2. The van der Waals surface area contributed by atoms with Crippen molar-refractivity contribution in [2.75, 3.05) is 0 Å². The predicted octanol–water partition coefficient (Wildman–Crippen LogP) is 2.33. The van der Waals surface area contributed by atoms with Crippen LogP contribution in [0.15, 0.2) is 45.7 Å². The highest BCUT2D eigenvalue weighted by Crippen LogP contribution is 2.22. The van der Waals surface area contributed by atoms with Gasteiger partial charge in [0.2, 0.25) is 15.8 Å². The van der Waals surface area contributed by atoms with Gasteiger partial charge in [-0.15, -0.1) is 0 Å². The Kier molecular flexibility index (Phi) is 4.15. The maximum Gasteiger partial charge on any atom is 0.371 e. The van der Waals surface area contributed by atoms with Crippen molar-refractivity contribution in [3.8, 4) is 0 Å². The van der Waals surface area contributed by atoms with Crippen molar-refractivity contribution in [3.63, 3.8) is 0 Å². The molecule has 2 N–H and O–H groups in total. The SMILES string of the molecule is Cc1oc(C(=O)O)cc1S(=O)(=O)N[C@@H](C)c1ccccc1. The molecule has 0 aliphatic carbocycles. The van der Waals surface area contributed by atoms with Crippen LogP contribution in [-0.4, -0.2) is 19.5 Å². The van der Waals surface area contributed by atoms with Crippen LogP contribution >= 0.6 is 0 Å². The number of rotatable bonds is 5. The van der Waals surface area contributed by atoms with Crippen LogP contribution in [0.2, 0.25) is 0 Å². The van der Waals surface area contributed by atoms with E-state index in [1.54, 1.807) is 19.1 Å². The van der Waals surface area contributed by atoms with Crippen LogP contribution in [0.1, 0.15) is 34.8 Å². The second kappa shape index (κ2) is 5.71. The summed E-state index contributed by atoms with van der Waals surface area (Å²) in [5, 5.41) is 8.84. The summed E-state index contributed by atoms with van der Waals surface area (Å²) >= 11 is 0. The summed E-state index contributed by atoms with van der Waals surface area (Å²) in [5.41, 5.74) is 0.806. The second-order valence-electron chi connectivity index (χ2n) is 4.59. The van der Waals surface area contributed by atoms with Gasteiger partial charge in [0.05, 0.1) is 0 Å². The van der Waals surface area contributed by atoms with E-state index in [2.05, 4.69) is 4.72 Å². The summed E-state index contributed by atoms with van der Waals surface area (Å²) < 4.78 is 32.0. The minimum atomic E-state index is -3.86. The van der Waals surface area contributed by atoms with Gasteiger partial charge in [-0.2, -0.15) is 0 Å². The molecular formula is C14H15NO5S. The monoisotopic (exact) mass is 309 g/mol. The average Bonchev–Trinajstić information content (AvgIpc) is 2.82. The van der Waals surface area contributed by atoms with Crippen LogP contribution in [0.25, 0.3) is 0 Å². The Labute approximate surface area is 122 Å². The van der Waals surface area contributed by atoms with Crippen LogP contribution < -0.4 is 4.72 Å². The fourth-order valence-electron chi connectivity index (χ4n) is 1.94. The Hall–Kier alpha value is -2.12. The number of aromatic carboxylic acids is 1. The molecule has 0 aliphatic rings. The molecule has 0 spiro atoms. The van der Waals surface area contributed by atoms with Gasteiger partial charge in [0.15, 0.2) is 0 Å². The maximum atomic E-state index is 12.3. The largest absolute Gasteiger partial charge is 0.475 e. The minimum Gasteiger partial charge on any atom is -0.475 e. The minimum absolute atomic E-state index is 0.0418. The van der Waals surface area contributed by atoms with Gasteiger partial charge in [0.1, 0.15) is 10.7 Å². The van der Waals surface area contributed by atoms with Crippen molar-refractivity contribution < 1.29 is 22.7 Å². The molecule has 2 aromatic rings. The summed E-state index contributed by atoms with van der Waals surface area (Å²) in [6.45, 7) is 3.12. The van der Waals surface area contributed by atoms with Gasteiger partial charge >= 0.3 is 5.97 Å². The number of hydrogen-bond donors (Lipinski definition) is 2. The molecule has 0 radical (unpaired) electrons. The number of benzene rings is 1. The van der Waals surface area contributed by atoms with Crippen molar-refractivity contribution in [1.82, 2.24) is 4.72 Å². The molecule has 2 rings (SSSR count). The van der Waals surface area contributed by atoms with Gasteiger partial charge < -0.3 is 9.52 Å². The third-order valence-corrected chi connectivity index (χ3v) is 4.65. The molecule has 0 aliphatic heterocycles. The number of hydrogen-bond acceptors (Lipinski definition) is 4. The fourth-order valence-corrected chi connectivity index (χ4v) is 3.35. The summed E-state index contributed by atoms with van der Waals surface area (Å²) in [5.74, 6) is -1.67.